The van der Waals surface area contributed by atoms with Crippen LogP contribution in [0.15, 0.2) is 67.0 Å². The lowest BCUT2D eigenvalue weighted by molar-refractivity contribution is -0.141. The molecule has 1 N–H and O–H groups in total. The lowest BCUT2D eigenvalue weighted by Gasteiger charge is -2.29. The van der Waals surface area contributed by atoms with Gasteiger partial charge in [-0.2, -0.15) is 13.2 Å². The number of alkyl halides is 5. The minimum atomic E-state index is -4.67. The number of aliphatic hydroxyl groups is 1. The molecule has 0 saturated carbocycles. The van der Waals surface area contributed by atoms with Crippen molar-refractivity contribution < 1.29 is 31.8 Å². The normalized spacial score (nSPS) is 13.8. The van der Waals surface area contributed by atoms with Crippen LogP contribution >= 0.6 is 11.6 Å². The average Bonchev–Trinajstić information content (AvgIpc) is 3.39. The van der Waals surface area contributed by atoms with Crippen molar-refractivity contribution in [3.8, 4) is 5.88 Å². The fraction of sp³-hybridized carbons (Fsp3) is 0.241. The molecule has 0 aliphatic heterocycles. The molecule has 3 heterocycles. The van der Waals surface area contributed by atoms with E-state index in [1.165, 1.54) is 37.2 Å². The number of benzene rings is 2. The Morgan fingerprint density at radius 2 is 1.60 bits per heavy atom. The number of nitrogens with zero attached hydrogens (tertiary/aromatic N) is 5. The van der Waals surface area contributed by atoms with Crippen molar-refractivity contribution in [2.24, 2.45) is 7.05 Å². The molecule has 0 bridgehead atoms. The van der Waals surface area contributed by atoms with Gasteiger partial charge in [0, 0.05) is 48.7 Å². The molecule has 2 aromatic carbocycles. The summed E-state index contributed by atoms with van der Waals surface area (Å²) in [6, 6.07) is 12.4. The van der Waals surface area contributed by atoms with E-state index in [4.69, 9.17) is 16.3 Å². The van der Waals surface area contributed by atoms with Gasteiger partial charge in [0.1, 0.15) is 5.69 Å². The predicted molar refractivity (Wildman–Crippen MR) is 144 cm³/mol. The van der Waals surface area contributed by atoms with Crippen LogP contribution in [-0.4, -0.2) is 37.2 Å². The molecule has 0 aliphatic carbocycles. The Labute approximate surface area is 241 Å². The van der Waals surface area contributed by atoms with Crippen molar-refractivity contribution in [1.82, 2.24) is 25.0 Å². The van der Waals surface area contributed by atoms with Crippen LogP contribution in [0.2, 0.25) is 5.02 Å². The van der Waals surface area contributed by atoms with Gasteiger partial charge in [-0.15, -0.1) is 5.10 Å². The van der Waals surface area contributed by atoms with Gasteiger partial charge in [0.15, 0.2) is 5.60 Å². The molecule has 5 rings (SSSR count). The molecule has 218 valence electrons. The van der Waals surface area contributed by atoms with Crippen LogP contribution in [0.3, 0.4) is 0 Å². The number of hydrogen-bond donors (Lipinski definition) is 1. The summed E-state index contributed by atoms with van der Waals surface area (Å²) in [6.07, 6.45) is -2.23. The molecule has 0 fully saturated rings. The van der Waals surface area contributed by atoms with Gasteiger partial charge in [-0.05, 0) is 29.3 Å². The molecule has 0 amide bonds. The van der Waals surface area contributed by atoms with Crippen LogP contribution in [0.25, 0.3) is 10.9 Å². The highest BCUT2D eigenvalue weighted by molar-refractivity contribution is 6.36. The van der Waals surface area contributed by atoms with Crippen LogP contribution in [0.4, 0.5) is 22.0 Å². The molecule has 42 heavy (non-hydrogen) atoms. The van der Waals surface area contributed by atoms with Crippen molar-refractivity contribution in [2.45, 2.75) is 31.0 Å². The van der Waals surface area contributed by atoms with Gasteiger partial charge in [-0.1, -0.05) is 53.2 Å². The molecule has 1 atom stereocenters. The number of aryl methyl sites for hydroxylation is 1. The van der Waals surface area contributed by atoms with Crippen molar-refractivity contribution in [2.75, 3.05) is 7.11 Å². The highest BCUT2D eigenvalue weighted by atomic mass is 35.5. The summed E-state index contributed by atoms with van der Waals surface area (Å²) >= 11 is 6.89. The second kappa shape index (κ2) is 10.6. The third-order valence-corrected chi connectivity index (χ3v) is 7.42. The van der Waals surface area contributed by atoms with E-state index < -0.39 is 23.4 Å². The molecule has 0 spiro atoms. The summed E-state index contributed by atoms with van der Waals surface area (Å²) in [7, 11) is 2.96. The summed E-state index contributed by atoms with van der Waals surface area (Å²) in [5, 5.41) is 20.5. The van der Waals surface area contributed by atoms with Crippen LogP contribution < -0.4 is 4.74 Å². The van der Waals surface area contributed by atoms with Crippen LogP contribution in [-0.2, 0) is 31.2 Å². The van der Waals surface area contributed by atoms with E-state index in [-0.39, 0.29) is 39.7 Å². The second-order valence-corrected chi connectivity index (χ2v) is 10.2. The van der Waals surface area contributed by atoms with E-state index in [0.717, 1.165) is 25.3 Å². The topological polar surface area (TPSA) is 85.9 Å². The molecular weight excluding hydrogens is 581 g/mol. The van der Waals surface area contributed by atoms with Crippen molar-refractivity contribution in [1.29, 1.82) is 0 Å². The fourth-order valence-corrected chi connectivity index (χ4v) is 5.06. The van der Waals surface area contributed by atoms with E-state index in [9.17, 15) is 27.1 Å². The SMILES string of the molecule is COc1nc2ccc(C(O)(c3ccc(C(F)(F)F)nc3)c3cnnn3C)cc2c(Cl)c1Cc1ccc(C(C)(F)F)cc1. The lowest BCUT2D eigenvalue weighted by atomic mass is 9.83. The second-order valence-electron chi connectivity index (χ2n) is 9.79. The highest BCUT2D eigenvalue weighted by Crippen LogP contribution is 2.41. The number of hydrogen-bond acceptors (Lipinski definition) is 6. The zero-order valence-corrected chi connectivity index (χ0v) is 23.2. The summed E-state index contributed by atoms with van der Waals surface area (Å²) in [4.78, 5) is 8.08. The number of aromatic nitrogens is 5. The quantitative estimate of drug-likeness (QED) is 0.216. The Morgan fingerprint density at radius 1 is 0.929 bits per heavy atom. The standard InChI is InChI=1S/C29H23ClF5N5O2/c1-27(31,32)17-6-4-16(5-7-17)12-21-25(30)20-13-18(8-10-22(20)38-26(21)42-3)28(41,24-15-37-39-40(24)2)19-9-11-23(36-14-19)29(33,34)35/h4-11,13-15,41H,12H2,1-3H3. The molecule has 3 aromatic heterocycles. The Bertz CT molecular complexity index is 1750. The third-order valence-electron chi connectivity index (χ3n) is 6.99. The Hall–Kier alpha value is -4.16. The first-order chi connectivity index (χ1) is 19.7. The third kappa shape index (κ3) is 5.27. The van der Waals surface area contributed by atoms with Crippen molar-refractivity contribution in [3.63, 3.8) is 0 Å². The molecule has 7 nitrogen and oxygen atoms in total. The van der Waals surface area contributed by atoms with Gasteiger partial charge in [-0.3, -0.25) is 4.98 Å². The number of pyridine rings is 2. The van der Waals surface area contributed by atoms with Gasteiger partial charge >= 0.3 is 6.18 Å². The van der Waals surface area contributed by atoms with Crippen LogP contribution in [0, 0.1) is 0 Å². The van der Waals surface area contributed by atoms with Gasteiger partial charge in [0.2, 0.25) is 5.88 Å². The monoisotopic (exact) mass is 603 g/mol. The number of halogens is 6. The van der Waals surface area contributed by atoms with Gasteiger partial charge < -0.3 is 9.84 Å². The lowest BCUT2D eigenvalue weighted by Crippen LogP contribution is -2.32. The minimum Gasteiger partial charge on any atom is -0.481 e. The van der Waals surface area contributed by atoms with Gasteiger partial charge in [-0.25, -0.2) is 18.4 Å². The van der Waals surface area contributed by atoms with E-state index >= 15 is 0 Å². The summed E-state index contributed by atoms with van der Waals surface area (Å²) in [5.41, 5.74) is -1.29. The molecule has 1 unspecified atom stereocenters. The molecule has 0 saturated heterocycles. The zero-order chi connectivity index (χ0) is 30.4. The highest BCUT2D eigenvalue weighted by Gasteiger charge is 2.39. The molecule has 5 aromatic rings. The maximum Gasteiger partial charge on any atom is 0.433 e. The fourth-order valence-electron chi connectivity index (χ4n) is 4.76. The van der Waals surface area contributed by atoms with E-state index in [2.05, 4.69) is 20.3 Å². The van der Waals surface area contributed by atoms with Gasteiger partial charge in [0.05, 0.1) is 29.5 Å². The molecule has 0 aliphatic rings. The van der Waals surface area contributed by atoms with Crippen molar-refractivity contribution in [3.05, 3.63) is 111 Å². The summed E-state index contributed by atoms with van der Waals surface area (Å²) in [5.74, 6) is -2.76. The number of rotatable bonds is 7. The smallest absolute Gasteiger partial charge is 0.433 e. The predicted octanol–water partition coefficient (Wildman–Crippen LogP) is 6.43. The van der Waals surface area contributed by atoms with Crippen LogP contribution in [0.1, 0.15) is 46.1 Å². The zero-order valence-electron chi connectivity index (χ0n) is 22.4. The van der Waals surface area contributed by atoms with E-state index in [1.807, 2.05) is 0 Å². The molecule has 0 radical (unpaired) electrons. The Kier molecular flexibility index (Phi) is 7.40. The minimum absolute atomic E-state index is 0.0332. The average molecular weight is 604 g/mol. The van der Waals surface area contributed by atoms with Gasteiger partial charge in [0.25, 0.3) is 5.92 Å². The molecular formula is C29H23ClF5N5O2. The van der Waals surface area contributed by atoms with E-state index in [0.29, 0.717) is 22.0 Å². The molecule has 13 heteroatoms. The Morgan fingerprint density at radius 3 is 2.14 bits per heavy atom. The summed E-state index contributed by atoms with van der Waals surface area (Å²) < 4.78 is 73.8. The number of ether oxygens (including phenoxy) is 1. The largest absolute Gasteiger partial charge is 0.481 e. The van der Waals surface area contributed by atoms with E-state index in [1.54, 1.807) is 30.3 Å². The maximum absolute atomic E-state index is 13.7. The number of fused-ring (bicyclic) bond motifs is 1. The Balaban J connectivity index is 1.65. The number of methoxy groups -OCH3 is 1. The van der Waals surface area contributed by atoms with Crippen molar-refractivity contribution >= 4 is 22.5 Å². The van der Waals surface area contributed by atoms with Crippen LogP contribution in [0.5, 0.6) is 5.88 Å². The first-order valence-corrected chi connectivity index (χ1v) is 12.9. The first kappa shape index (κ1) is 29.3. The first-order valence-electron chi connectivity index (χ1n) is 12.5. The maximum atomic E-state index is 13.7. The summed E-state index contributed by atoms with van der Waals surface area (Å²) in [6.45, 7) is 0.816.